The zero-order valence-corrected chi connectivity index (χ0v) is 14.6. The molecule has 0 radical (unpaired) electrons. The van der Waals surface area contributed by atoms with Gasteiger partial charge in [-0.25, -0.2) is 4.39 Å². The van der Waals surface area contributed by atoms with Gasteiger partial charge in [0, 0.05) is 9.75 Å². The van der Waals surface area contributed by atoms with E-state index in [1.807, 2.05) is 12.1 Å². The van der Waals surface area contributed by atoms with E-state index in [0.29, 0.717) is 0 Å². The van der Waals surface area contributed by atoms with Crippen molar-refractivity contribution < 1.29 is 4.39 Å². The van der Waals surface area contributed by atoms with Crippen LogP contribution in [0.2, 0.25) is 0 Å². The number of thiophene rings is 1. The van der Waals surface area contributed by atoms with Crippen LogP contribution in [-0.4, -0.2) is 0 Å². The largest absolute Gasteiger partial charge is 0.206 e. The highest BCUT2D eigenvalue weighted by Gasteiger charge is 2.10. The first-order chi connectivity index (χ1) is 11.6. The fourth-order valence-electron chi connectivity index (χ4n) is 2.79. The number of rotatable bonds is 4. The smallest absolute Gasteiger partial charge is 0.141 e. The number of halogens is 1. The highest BCUT2D eigenvalue weighted by atomic mass is 32.1. The Kier molecular flexibility index (Phi) is 4.78. The van der Waals surface area contributed by atoms with Crippen molar-refractivity contribution in [2.45, 2.75) is 26.7 Å². The molecule has 0 fully saturated rings. The van der Waals surface area contributed by atoms with Crippen LogP contribution in [0, 0.1) is 31.0 Å². The summed E-state index contributed by atoms with van der Waals surface area (Å²) in [4.78, 5) is 2.38. The summed E-state index contributed by atoms with van der Waals surface area (Å²) in [6, 6.07) is 17.4. The number of nitriles is 1. The summed E-state index contributed by atoms with van der Waals surface area (Å²) >= 11 is 1.71. The maximum absolute atomic E-state index is 13.8. The summed E-state index contributed by atoms with van der Waals surface area (Å²) in [5.41, 5.74) is 4.79. The Morgan fingerprint density at radius 2 is 1.88 bits per heavy atom. The van der Waals surface area contributed by atoms with Crippen LogP contribution in [-0.2, 0) is 12.8 Å². The Balaban J connectivity index is 1.80. The Labute approximate surface area is 146 Å². The second-order valence-electron chi connectivity index (χ2n) is 6.01. The summed E-state index contributed by atoms with van der Waals surface area (Å²) < 4.78 is 13.8. The van der Waals surface area contributed by atoms with E-state index in [1.165, 1.54) is 27.6 Å². The fraction of sp³-hybridized carbons (Fsp3) is 0.190. The molecule has 0 aliphatic rings. The van der Waals surface area contributed by atoms with Gasteiger partial charge in [-0.05, 0) is 61.6 Å². The van der Waals surface area contributed by atoms with E-state index in [2.05, 4.69) is 44.2 Å². The molecule has 0 saturated carbocycles. The third-order valence-corrected chi connectivity index (χ3v) is 5.46. The topological polar surface area (TPSA) is 23.8 Å². The van der Waals surface area contributed by atoms with Crippen molar-refractivity contribution in [2.75, 3.05) is 0 Å². The van der Waals surface area contributed by atoms with Gasteiger partial charge in [0.15, 0.2) is 0 Å². The van der Waals surface area contributed by atoms with E-state index in [9.17, 15) is 4.39 Å². The van der Waals surface area contributed by atoms with Gasteiger partial charge in [-0.15, -0.1) is 11.3 Å². The lowest BCUT2D eigenvalue weighted by atomic mass is 10.0. The van der Waals surface area contributed by atoms with Crippen molar-refractivity contribution in [3.63, 3.8) is 0 Å². The second-order valence-corrected chi connectivity index (χ2v) is 7.15. The lowest BCUT2D eigenvalue weighted by molar-refractivity contribution is 0.624. The van der Waals surface area contributed by atoms with Crippen LogP contribution in [0.3, 0.4) is 0 Å². The first kappa shape index (κ1) is 16.4. The molecule has 1 aromatic heterocycles. The Hall–Kier alpha value is -2.44. The fourth-order valence-corrected chi connectivity index (χ4v) is 3.96. The predicted octanol–water partition coefficient (Wildman–Crippen LogP) is 5.83. The standard InChI is InChI=1S/C21H18FNS/c1-14-4-3-5-16(10-14)6-9-20-15(2)11-21(24-20)17-7-8-18(13-23)19(22)12-17/h3-5,7-8,10-12H,6,9H2,1-2H3. The predicted molar refractivity (Wildman–Crippen MR) is 97.8 cm³/mol. The Morgan fingerprint density at radius 1 is 1.04 bits per heavy atom. The SMILES string of the molecule is Cc1cccc(CCc2sc(-c3ccc(C#N)c(F)c3)cc2C)c1. The zero-order chi connectivity index (χ0) is 17.1. The van der Waals surface area contributed by atoms with E-state index >= 15 is 0 Å². The normalized spacial score (nSPS) is 10.6. The third-order valence-electron chi connectivity index (χ3n) is 4.12. The van der Waals surface area contributed by atoms with Gasteiger partial charge in [0.1, 0.15) is 11.9 Å². The van der Waals surface area contributed by atoms with Crippen LogP contribution in [0.25, 0.3) is 10.4 Å². The number of nitrogens with zero attached hydrogens (tertiary/aromatic N) is 1. The minimum atomic E-state index is -0.456. The molecular weight excluding hydrogens is 317 g/mol. The average molecular weight is 335 g/mol. The van der Waals surface area contributed by atoms with Gasteiger partial charge in [0.25, 0.3) is 0 Å². The van der Waals surface area contributed by atoms with Crippen molar-refractivity contribution in [1.29, 1.82) is 5.26 Å². The van der Waals surface area contributed by atoms with Gasteiger partial charge in [0.05, 0.1) is 5.56 Å². The van der Waals surface area contributed by atoms with E-state index in [1.54, 1.807) is 17.4 Å². The van der Waals surface area contributed by atoms with Crippen molar-refractivity contribution in [2.24, 2.45) is 0 Å². The lowest BCUT2D eigenvalue weighted by Gasteiger charge is -2.02. The minimum Gasteiger partial charge on any atom is -0.206 e. The molecule has 0 spiro atoms. The molecule has 3 aromatic rings. The van der Waals surface area contributed by atoms with Gasteiger partial charge in [-0.2, -0.15) is 5.26 Å². The van der Waals surface area contributed by atoms with Crippen molar-refractivity contribution >= 4 is 11.3 Å². The summed E-state index contributed by atoms with van der Waals surface area (Å²) in [6.07, 6.45) is 1.99. The quantitative estimate of drug-likeness (QED) is 0.588. The molecule has 0 amide bonds. The molecule has 2 aromatic carbocycles. The number of benzene rings is 2. The molecule has 0 bridgehead atoms. The molecule has 120 valence electrons. The van der Waals surface area contributed by atoms with Crippen LogP contribution in [0.5, 0.6) is 0 Å². The molecule has 3 rings (SSSR count). The maximum atomic E-state index is 13.8. The van der Waals surface area contributed by atoms with E-state index < -0.39 is 5.82 Å². The number of aryl methyl sites for hydroxylation is 4. The molecular formula is C21H18FNS. The second kappa shape index (κ2) is 6.98. The maximum Gasteiger partial charge on any atom is 0.141 e. The highest BCUT2D eigenvalue weighted by molar-refractivity contribution is 7.15. The van der Waals surface area contributed by atoms with Crippen LogP contribution >= 0.6 is 11.3 Å². The first-order valence-electron chi connectivity index (χ1n) is 7.91. The van der Waals surface area contributed by atoms with E-state index in [-0.39, 0.29) is 5.56 Å². The van der Waals surface area contributed by atoms with Crippen molar-refractivity contribution in [3.05, 3.63) is 81.5 Å². The van der Waals surface area contributed by atoms with Crippen molar-refractivity contribution in [1.82, 2.24) is 0 Å². The average Bonchev–Trinajstić information content (AvgIpc) is 2.94. The van der Waals surface area contributed by atoms with Crippen LogP contribution in [0.15, 0.2) is 48.5 Å². The number of hydrogen-bond donors (Lipinski definition) is 0. The summed E-state index contributed by atoms with van der Waals surface area (Å²) in [7, 11) is 0. The van der Waals surface area contributed by atoms with Crippen LogP contribution in [0.1, 0.15) is 27.1 Å². The van der Waals surface area contributed by atoms with Crippen molar-refractivity contribution in [3.8, 4) is 16.5 Å². The molecule has 0 N–H and O–H groups in total. The molecule has 0 saturated heterocycles. The van der Waals surface area contributed by atoms with Crippen LogP contribution < -0.4 is 0 Å². The van der Waals surface area contributed by atoms with Gasteiger partial charge < -0.3 is 0 Å². The minimum absolute atomic E-state index is 0.0895. The number of hydrogen-bond acceptors (Lipinski definition) is 2. The highest BCUT2D eigenvalue weighted by Crippen LogP contribution is 2.33. The third kappa shape index (κ3) is 3.55. The van der Waals surface area contributed by atoms with Gasteiger partial charge in [-0.3, -0.25) is 0 Å². The van der Waals surface area contributed by atoms with Gasteiger partial charge >= 0.3 is 0 Å². The zero-order valence-electron chi connectivity index (χ0n) is 13.8. The molecule has 24 heavy (non-hydrogen) atoms. The van der Waals surface area contributed by atoms with Gasteiger partial charge in [-0.1, -0.05) is 35.9 Å². The molecule has 0 aliphatic carbocycles. The Morgan fingerprint density at radius 3 is 2.58 bits per heavy atom. The summed E-state index contributed by atoms with van der Waals surface area (Å²) in [6.45, 7) is 4.21. The first-order valence-corrected chi connectivity index (χ1v) is 8.73. The summed E-state index contributed by atoms with van der Waals surface area (Å²) in [5, 5.41) is 8.84. The van der Waals surface area contributed by atoms with Crippen LogP contribution in [0.4, 0.5) is 4.39 Å². The molecule has 0 unspecified atom stereocenters. The summed E-state index contributed by atoms with van der Waals surface area (Å²) in [5.74, 6) is -0.456. The van der Waals surface area contributed by atoms with E-state index in [0.717, 1.165) is 23.3 Å². The monoisotopic (exact) mass is 335 g/mol. The van der Waals surface area contributed by atoms with Gasteiger partial charge in [0.2, 0.25) is 0 Å². The van der Waals surface area contributed by atoms with E-state index in [4.69, 9.17) is 5.26 Å². The molecule has 3 heteroatoms. The molecule has 1 nitrogen and oxygen atoms in total. The molecule has 0 atom stereocenters. The molecule has 0 aliphatic heterocycles. The lowest BCUT2D eigenvalue weighted by Crippen LogP contribution is -1.90. The molecule has 1 heterocycles. The Bertz CT molecular complexity index is 918.